The molecule has 27 heavy (non-hydrogen) atoms. The zero-order valence-electron chi connectivity index (χ0n) is 15.3. The number of anilines is 1. The number of amides is 2. The molecular weight excluding hydrogens is 342 g/mol. The molecule has 1 aliphatic rings. The van der Waals surface area contributed by atoms with Crippen molar-refractivity contribution in [3.8, 4) is 0 Å². The van der Waals surface area contributed by atoms with E-state index >= 15 is 0 Å². The number of morpholine rings is 1. The maximum Gasteiger partial charge on any atom is 0.315 e. The lowest BCUT2D eigenvalue weighted by Crippen LogP contribution is -2.39. The van der Waals surface area contributed by atoms with Gasteiger partial charge >= 0.3 is 6.03 Å². The lowest BCUT2D eigenvalue weighted by Gasteiger charge is -2.28. The number of carbonyl (C=O) groups excluding carboxylic acids is 2. The molecule has 142 valence electrons. The second-order valence-corrected chi connectivity index (χ2v) is 6.41. The molecule has 1 fully saturated rings. The Morgan fingerprint density at radius 3 is 2.33 bits per heavy atom. The number of nitrogens with zero attached hydrogens (tertiary/aromatic N) is 1. The smallest absolute Gasteiger partial charge is 0.315 e. The minimum Gasteiger partial charge on any atom is -0.378 e. The van der Waals surface area contributed by atoms with Crippen molar-refractivity contribution in [3.05, 3.63) is 65.7 Å². The van der Waals surface area contributed by atoms with E-state index in [1.54, 1.807) is 0 Å². The second kappa shape index (κ2) is 9.73. The van der Waals surface area contributed by atoms with Gasteiger partial charge < -0.3 is 20.3 Å². The molecule has 1 aliphatic heterocycles. The van der Waals surface area contributed by atoms with E-state index in [4.69, 9.17) is 4.74 Å². The molecule has 0 atom stereocenters. The Labute approximate surface area is 159 Å². The van der Waals surface area contributed by atoms with E-state index in [9.17, 15) is 9.59 Å². The minimum atomic E-state index is -0.329. The summed E-state index contributed by atoms with van der Waals surface area (Å²) in [4.78, 5) is 26.3. The van der Waals surface area contributed by atoms with Gasteiger partial charge in [0.2, 0.25) is 0 Å². The SMILES string of the molecule is O=C(NCCc1ccccc1)NCC(=O)c1ccc(N2CCOCC2)cc1. The van der Waals surface area contributed by atoms with E-state index in [2.05, 4.69) is 15.5 Å². The van der Waals surface area contributed by atoms with Gasteiger partial charge in [-0.05, 0) is 36.2 Å². The predicted octanol–water partition coefficient (Wildman–Crippen LogP) is 2.25. The molecule has 1 saturated heterocycles. The predicted molar refractivity (Wildman–Crippen MR) is 105 cm³/mol. The normalized spacial score (nSPS) is 13.9. The van der Waals surface area contributed by atoms with Gasteiger partial charge in [0.05, 0.1) is 19.8 Å². The van der Waals surface area contributed by atoms with Gasteiger partial charge in [-0.25, -0.2) is 4.79 Å². The number of ether oxygens (including phenoxy) is 1. The molecule has 0 aliphatic carbocycles. The topological polar surface area (TPSA) is 70.7 Å². The second-order valence-electron chi connectivity index (χ2n) is 6.41. The molecule has 0 spiro atoms. The summed E-state index contributed by atoms with van der Waals surface area (Å²) >= 11 is 0. The van der Waals surface area contributed by atoms with Crippen LogP contribution in [0.15, 0.2) is 54.6 Å². The number of rotatable bonds is 7. The van der Waals surface area contributed by atoms with Crippen molar-refractivity contribution in [1.82, 2.24) is 10.6 Å². The van der Waals surface area contributed by atoms with E-state index in [-0.39, 0.29) is 18.4 Å². The van der Waals surface area contributed by atoms with Crippen LogP contribution in [0.2, 0.25) is 0 Å². The largest absolute Gasteiger partial charge is 0.378 e. The zero-order chi connectivity index (χ0) is 18.9. The van der Waals surface area contributed by atoms with Crippen molar-refractivity contribution in [2.45, 2.75) is 6.42 Å². The lowest BCUT2D eigenvalue weighted by atomic mass is 10.1. The highest BCUT2D eigenvalue weighted by atomic mass is 16.5. The van der Waals surface area contributed by atoms with Crippen LogP contribution >= 0.6 is 0 Å². The lowest BCUT2D eigenvalue weighted by molar-refractivity contribution is 0.0992. The summed E-state index contributed by atoms with van der Waals surface area (Å²) in [5.41, 5.74) is 2.84. The van der Waals surface area contributed by atoms with Crippen LogP contribution in [-0.2, 0) is 11.2 Å². The fourth-order valence-corrected chi connectivity index (χ4v) is 2.97. The van der Waals surface area contributed by atoms with Crippen molar-refractivity contribution in [2.24, 2.45) is 0 Å². The first-order chi connectivity index (χ1) is 13.2. The summed E-state index contributed by atoms with van der Waals surface area (Å²) in [7, 11) is 0. The van der Waals surface area contributed by atoms with Crippen molar-refractivity contribution in [1.29, 1.82) is 0 Å². The number of Topliss-reactive ketones (excluding diaryl/α,β-unsaturated/α-hetero) is 1. The van der Waals surface area contributed by atoms with E-state index in [0.717, 1.165) is 44.0 Å². The van der Waals surface area contributed by atoms with Crippen LogP contribution in [0.25, 0.3) is 0 Å². The highest BCUT2D eigenvalue weighted by Gasteiger charge is 2.12. The summed E-state index contributed by atoms with van der Waals surface area (Å²) in [5.74, 6) is -0.110. The molecule has 3 rings (SSSR count). The molecular formula is C21H25N3O3. The van der Waals surface area contributed by atoms with Crippen molar-refractivity contribution in [2.75, 3.05) is 44.3 Å². The maximum atomic E-state index is 12.3. The molecule has 2 aromatic carbocycles. The quantitative estimate of drug-likeness (QED) is 0.737. The average Bonchev–Trinajstić information content (AvgIpc) is 2.73. The fraction of sp³-hybridized carbons (Fsp3) is 0.333. The molecule has 2 aromatic rings. The zero-order valence-corrected chi connectivity index (χ0v) is 15.3. The van der Waals surface area contributed by atoms with E-state index in [1.165, 1.54) is 0 Å². The first-order valence-electron chi connectivity index (χ1n) is 9.24. The third kappa shape index (κ3) is 5.82. The number of nitrogens with one attached hydrogen (secondary N) is 2. The number of hydrogen-bond acceptors (Lipinski definition) is 4. The first kappa shape index (κ1) is 18.9. The summed E-state index contributed by atoms with van der Waals surface area (Å²) in [6.45, 7) is 3.68. The van der Waals surface area contributed by atoms with Gasteiger partial charge in [0.1, 0.15) is 0 Å². The van der Waals surface area contributed by atoms with E-state index in [0.29, 0.717) is 12.1 Å². The summed E-state index contributed by atoms with van der Waals surface area (Å²) in [6, 6.07) is 17.1. The van der Waals surface area contributed by atoms with E-state index < -0.39 is 0 Å². The third-order valence-electron chi connectivity index (χ3n) is 4.52. The van der Waals surface area contributed by atoms with E-state index in [1.807, 2.05) is 54.6 Å². The standard InChI is InChI=1S/C21H25N3O3/c25-20(16-23-21(26)22-11-10-17-4-2-1-3-5-17)18-6-8-19(9-7-18)24-12-14-27-15-13-24/h1-9H,10-16H2,(H2,22,23,26). The molecule has 2 amide bonds. The van der Waals surface area contributed by atoms with Gasteiger partial charge in [-0.1, -0.05) is 30.3 Å². The molecule has 0 unspecified atom stereocenters. The van der Waals surface area contributed by atoms with Crippen LogP contribution in [-0.4, -0.2) is 51.2 Å². The number of hydrogen-bond donors (Lipinski definition) is 2. The highest BCUT2D eigenvalue weighted by Crippen LogP contribution is 2.16. The maximum absolute atomic E-state index is 12.3. The Morgan fingerprint density at radius 2 is 1.63 bits per heavy atom. The molecule has 0 bridgehead atoms. The molecule has 2 N–H and O–H groups in total. The van der Waals surface area contributed by atoms with Crippen LogP contribution < -0.4 is 15.5 Å². The van der Waals surface area contributed by atoms with Gasteiger partial charge in [0.15, 0.2) is 5.78 Å². The summed E-state index contributed by atoms with van der Waals surface area (Å²) in [5, 5.41) is 5.39. The molecule has 0 saturated carbocycles. The number of ketones is 1. The van der Waals surface area contributed by atoms with Gasteiger partial charge in [0.25, 0.3) is 0 Å². The van der Waals surface area contributed by atoms with Crippen LogP contribution in [0.3, 0.4) is 0 Å². The first-order valence-corrected chi connectivity index (χ1v) is 9.24. The average molecular weight is 367 g/mol. The monoisotopic (exact) mass is 367 g/mol. The number of carbonyl (C=O) groups is 2. The Balaban J connectivity index is 1.39. The Kier molecular flexibility index (Phi) is 6.82. The van der Waals surface area contributed by atoms with Crippen molar-refractivity contribution < 1.29 is 14.3 Å². The number of benzene rings is 2. The molecule has 6 nitrogen and oxygen atoms in total. The molecule has 0 radical (unpaired) electrons. The van der Waals surface area contributed by atoms with Crippen LogP contribution in [0.5, 0.6) is 0 Å². The Bertz CT molecular complexity index is 741. The highest BCUT2D eigenvalue weighted by molar-refractivity contribution is 5.99. The van der Waals surface area contributed by atoms with Crippen LogP contribution in [0.1, 0.15) is 15.9 Å². The van der Waals surface area contributed by atoms with Gasteiger partial charge in [-0.2, -0.15) is 0 Å². The molecule has 6 heteroatoms. The molecule has 1 heterocycles. The van der Waals surface area contributed by atoms with Crippen LogP contribution in [0, 0.1) is 0 Å². The Hall–Kier alpha value is -2.86. The van der Waals surface area contributed by atoms with Crippen molar-refractivity contribution >= 4 is 17.5 Å². The Morgan fingerprint density at radius 1 is 0.926 bits per heavy atom. The van der Waals surface area contributed by atoms with Gasteiger partial charge in [-0.3, -0.25) is 4.79 Å². The van der Waals surface area contributed by atoms with Crippen molar-refractivity contribution in [3.63, 3.8) is 0 Å². The number of urea groups is 1. The molecule has 0 aromatic heterocycles. The summed E-state index contributed by atoms with van der Waals surface area (Å²) < 4.78 is 5.35. The third-order valence-corrected chi connectivity index (χ3v) is 4.52. The fourth-order valence-electron chi connectivity index (χ4n) is 2.97. The summed E-state index contributed by atoms with van der Waals surface area (Å²) in [6.07, 6.45) is 0.755. The van der Waals surface area contributed by atoms with Crippen LogP contribution in [0.4, 0.5) is 10.5 Å². The van der Waals surface area contributed by atoms with Gasteiger partial charge in [0, 0.05) is 30.9 Å². The minimum absolute atomic E-state index is 0.0198. The van der Waals surface area contributed by atoms with Gasteiger partial charge in [-0.15, -0.1) is 0 Å².